The Labute approximate surface area is 256 Å². The summed E-state index contributed by atoms with van der Waals surface area (Å²) in [5, 5.41) is 2.27. The Morgan fingerprint density at radius 1 is 1.07 bits per heavy atom. The first kappa shape index (κ1) is 29.0. The van der Waals surface area contributed by atoms with E-state index in [0.29, 0.717) is 42.6 Å². The van der Waals surface area contributed by atoms with Crippen molar-refractivity contribution in [3.05, 3.63) is 86.3 Å². The number of nitrogens with one attached hydrogen (secondary N) is 1. The maximum atomic E-state index is 13.1. The molecule has 2 saturated heterocycles. The van der Waals surface area contributed by atoms with E-state index in [2.05, 4.69) is 32.8 Å². The molecule has 5 rings (SSSR count). The van der Waals surface area contributed by atoms with Crippen LogP contribution in [0.1, 0.15) is 11.1 Å². The smallest absolute Gasteiger partial charge is 0.294 e. The number of rotatable bonds is 9. The van der Waals surface area contributed by atoms with E-state index in [1.807, 2.05) is 48.5 Å². The highest BCUT2D eigenvalue weighted by Gasteiger charge is 2.36. The monoisotopic (exact) mass is 685 g/mol. The van der Waals surface area contributed by atoms with Crippen LogP contribution in [0.15, 0.2) is 71.6 Å². The number of hydrogen-bond acceptors (Lipinski definition) is 8. The number of amides is 3. The van der Waals surface area contributed by atoms with Gasteiger partial charge in [-0.15, -0.1) is 0 Å². The summed E-state index contributed by atoms with van der Waals surface area (Å²) < 4.78 is 17.7. The van der Waals surface area contributed by atoms with Crippen LogP contribution in [0.2, 0.25) is 0 Å². The third-order valence-corrected chi connectivity index (χ3v) is 8.19. The van der Waals surface area contributed by atoms with E-state index in [-0.39, 0.29) is 11.4 Å². The third kappa shape index (κ3) is 7.21. The molecule has 0 aromatic heterocycles. The van der Waals surface area contributed by atoms with Gasteiger partial charge in [0, 0.05) is 24.5 Å². The van der Waals surface area contributed by atoms with E-state index in [0.717, 1.165) is 44.6 Å². The van der Waals surface area contributed by atoms with Crippen LogP contribution in [-0.2, 0) is 20.9 Å². The van der Waals surface area contributed by atoms with Gasteiger partial charge in [0.15, 0.2) is 11.5 Å². The standard InChI is InChI=1S/C30H28IN3O6S/c1-38-25-16-21(15-24(31)28(25)40-19-20-5-3-2-4-6-20)17-26-29(36)34(30(37)41-26)18-27(35)32-22-7-9-23(10-8-22)33-11-13-39-14-12-33/h2-10,15-17H,11-14,18-19H2,1H3,(H,32,35)/b26-17+. The number of carbonyl (C=O) groups excluding carboxylic acids is 3. The predicted molar refractivity (Wildman–Crippen MR) is 167 cm³/mol. The van der Waals surface area contributed by atoms with Crippen LogP contribution in [0, 0.1) is 3.57 Å². The van der Waals surface area contributed by atoms with Gasteiger partial charge in [-0.1, -0.05) is 30.3 Å². The zero-order valence-electron chi connectivity index (χ0n) is 22.3. The highest BCUT2D eigenvalue weighted by molar-refractivity contribution is 14.1. The number of ether oxygens (including phenoxy) is 3. The number of methoxy groups -OCH3 is 1. The molecule has 41 heavy (non-hydrogen) atoms. The summed E-state index contributed by atoms with van der Waals surface area (Å²) in [7, 11) is 1.55. The van der Waals surface area contributed by atoms with Gasteiger partial charge in [0.2, 0.25) is 5.91 Å². The second-order valence-corrected chi connectivity index (χ2v) is 11.4. The Kier molecular flexibility index (Phi) is 9.47. The Bertz CT molecular complexity index is 1460. The number of imide groups is 1. The number of morpholine rings is 1. The first-order chi connectivity index (χ1) is 19.9. The molecule has 0 spiro atoms. The molecule has 2 aliphatic heterocycles. The minimum atomic E-state index is -0.517. The number of hydrogen-bond donors (Lipinski definition) is 1. The van der Waals surface area contributed by atoms with Gasteiger partial charge in [-0.25, -0.2) is 0 Å². The average molecular weight is 686 g/mol. The molecule has 0 atom stereocenters. The van der Waals surface area contributed by atoms with Crippen molar-refractivity contribution in [3.8, 4) is 11.5 Å². The van der Waals surface area contributed by atoms with Crippen LogP contribution in [0.4, 0.5) is 16.2 Å². The fourth-order valence-corrected chi connectivity index (χ4v) is 6.02. The van der Waals surface area contributed by atoms with Crippen molar-refractivity contribution in [2.24, 2.45) is 0 Å². The first-order valence-electron chi connectivity index (χ1n) is 12.9. The molecule has 3 aromatic rings. The van der Waals surface area contributed by atoms with E-state index >= 15 is 0 Å². The first-order valence-corrected chi connectivity index (χ1v) is 14.8. The number of carbonyl (C=O) groups is 3. The summed E-state index contributed by atoms with van der Waals surface area (Å²) in [4.78, 5) is 41.8. The molecule has 1 N–H and O–H groups in total. The van der Waals surface area contributed by atoms with E-state index in [1.54, 1.807) is 31.4 Å². The molecule has 0 radical (unpaired) electrons. The van der Waals surface area contributed by atoms with Crippen molar-refractivity contribution in [3.63, 3.8) is 0 Å². The van der Waals surface area contributed by atoms with Crippen molar-refractivity contribution >= 4 is 68.9 Å². The Hall–Kier alpha value is -3.55. The van der Waals surface area contributed by atoms with E-state index in [9.17, 15) is 14.4 Å². The normalized spacial score (nSPS) is 16.3. The second kappa shape index (κ2) is 13.4. The van der Waals surface area contributed by atoms with Crippen LogP contribution < -0.4 is 19.7 Å². The Morgan fingerprint density at radius 2 is 1.80 bits per heavy atom. The zero-order valence-corrected chi connectivity index (χ0v) is 25.3. The average Bonchev–Trinajstić information content (AvgIpc) is 3.24. The van der Waals surface area contributed by atoms with Crippen molar-refractivity contribution in [2.75, 3.05) is 50.2 Å². The van der Waals surface area contributed by atoms with Crippen LogP contribution in [-0.4, -0.2) is 61.9 Å². The molecular weight excluding hydrogens is 657 g/mol. The molecule has 3 aromatic carbocycles. The number of nitrogens with zero attached hydrogens (tertiary/aromatic N) is 2. The van der Waals surface area contributed by atoms with Crippen molar-refractivity contribution in [1.82, 2.24) is 4.90 Å². The quantitative estimate of drug-likeness (QED) is 0.237. The molecule has 9 nitrogen and oxygen atoms in total. The van der Waals surface area contributed by atoms with Crippen LogP contribution >= 0.6 is 34.4 Å². The lowest BCUT2D eigenvalue weighted by Gasteiger charge is -2.28. The summed E-state index contributed by atoms with van der Waals surface area (Å²) >= 11 is 2.96. The number of benzene rings is 3. The zero-order chi connectivity index (χ0) is 28.8. The maximum absolute atomic E-state index is 13.1. The SMILES string of the molecule is COc1cc(/C=C2/SC(=O)N(CC(=O)Nc3ccc(N4CCOCC4)cc3)C2=O)cc(I)c1OCc1ccccc1. The summed E-state index contributed by atoms with van der Waals surface area (Å²) in [5.74, 6) is 0.134. The van der Waals surface area contributed by atoms with Crippen molar-refractivity contribution < 1.29 is 28.6 Å². The lowest BCUT2D eigenvalue weighted by atomic mass is 10.1. The van der Waals surface area contributed by atoms with Crippen molar-refractivity contribution in [1.29, 1.82) is 0 Å². The fourth-order valence-electron chi connectivity index (χ4n) is 4.40. The van der Waals surface area contributed by atoms with Gasteiger partial charge < -0.3 is 24.4 Å². The molecular formula is C30H28IN3O6S. The largest absolute Gasteiger partial charge is 0.493 e. The van der Waals surface area contributed by atoms with Gasteiger partial charge in [-0.2, -0.15) is 0 Å². The summed E-state index contributed by atoms with van der Waals surface area (Å²) in [6.07, 6.45) is 1.62. The number of halogens is 1. The summed E-state index contributed by atoms with van der Waals surface area (Å²) in [6.45, 7) is 3.01. The van der Waals surface area contributed by atoms with E-state index in [4.69, 9.17) is 14.2 Å². The van der Waals surface area contributed by atoms with Crippen LogP contribution in [0.3, 0.4) is 0 Å². The molecule has 3 amide bonds. The molecule has 11 heteroatoms. The maximum Gasteiger partial charge on any atom is 0.294 e. The van der Waals surface area contributed by atoms with Gasteiger partial charge in [0.05, 0.1) is 28.8 Å². The summed E-state index contributed by atoms with van der Waals surface area (Å²) in [6, 6.07) is 20.9. The fraction of sp³-hybridized carbons (Fsp3) is 0.233. The predicted octanol–water partition coefficient (Wildman–Crippen LogP) is 5.39. The van der Waals surface area contributed by atoms with Gasteiger partial charge in [-0.05, 0) is 88.0 Å². The third-order valence-electron chi connectivity index (χ3n) is 6.48. The molecule has 2 fully saturated rings. The van der Waals surface area contributed by atoms with Crippen molar-refractivity contribution in [2.45, 2.75) is 6.61 Å². The lowest BCUT2D eigenvalue weighted by Crippen LogP contribution is -2.36. The van der Waals surface area contributed by atoms with Gasteiger partial charge in [0.25, 0.3) is 11.1 Å². The molecule has 0 saturated carbocycles. The van der Waals surface area contributed by atoms with E-state index in [1.165, 1.54) is 0 Å². The number of anilines is 2. The van der Waals surface area contributed by atoms with Gasteiger partial charge in [0.1, 0.15) is 13.2 Å². The van der Waals surface area contributed by atoms with Crippen LogP contribution in [0.5, 0.6) is 11.5 Å². The van der Waals surface area contributed by atoms with Gasteiger partial charge >= 0.3 is 0 Å². The number of thioether (sulfide) groups is 1. The second-order valence-electron chi connectivity index (χ2n) is 9.27. The van der Waals surface area contributed by atoms with E-state index < -0.39 is 17.1 Å². The molecule has 2 heterocycles. The Balaban J connectivity index is 1.22. The van der Waals surface area contributed by atoms with Gasteiger partial charge in [-0.3, -0.25) is 19.3 Å². The minimum absolute atomic E-state index is 0.230. The van der Waals surface area contributed by atoms with Crippen LogP contribution in [0.25, 0.3) is 6.08 Å². The molecule has 212 valence electrons. The Morgan fingerprint density at radius 3 is 2.51 bits per heavy atom. The molecule has 0 unspecified atom stereocenters. The minimum Gasteiger partial charge on any atom is -0.493 e. The highest BCUT2D eigenvalue weighted by Crippen LogP contribution is 2.37. The molecule has 0 aliphatic carbocycles. The lowest BCUT2D eigenvalue weighted by molar-refractivity contribution is -0.127. The topological polar surface area (TPSA) is 97.4 Å². The molecule has 2 aliphatic rings. The molecule has 0 bridgehead atoms. The summed E-state index contributed by atoms with van der Waals surface area (Å²) in [5.41, 5.74) is 3.33. The highest BCUT2D eigenvalue weighted by atomic mass is 127.